The number of hydrogen-bond donors (Lipinski definition) is 0. The molecule has 0 fully saturated rings. The Morgan fingerprint density at radius 2 is 2.17 bits per heavy atom. The normalized spacial score (nSPS) is 10.2. The Hall–Kier alpha value is -3.21. The zero-order chi connectivity index (χ0) is 17.1. The van der Waals surface area contributed by atoms with Gasteiger partial charge in [-0.2, -0.15) is 5.26 Å². The number of aryl methyl sites for hydroxylation is 1. The van der Waals surface area contributed by atoms with Gasteiger partial charge >= 0.3 is 0 Å². The molecule has 0 atom stereocenters. The maximum absolute atomic E-state index is 12.2. The first kappa shape index (κ1) is 16.2. The fourth-order valence-electron chi connectivity index (χ4n) is 2.31. The third-order valence-corrected chi connectivity index (χ3v) is 3.47. The minimum Gasteiger partial charge on any atom is -0.496 e. The van der Waals surface area contributed by atoms with Crippen molar-refractivity contribution in [3.05, 3.63) is 61.3 Å². The summed E-state index contributed by atoms with van der Waals surface area (Å²) in [5, 5.41) is 19.9. The molecule has 0 unspecified atom stereocenters. The van der Waals surface area contributed by atoms with Crippen molar-refractivity contribution in [3.8, 4) is 11.8 Å². The van der Waals surface area contributed by atoms with Crippen LogP contribution in [0.4, 0.5) is 5.69 Å². The summed E-state index contributed by atoms with van der Waals surface area (Å²) in [7, 11) is 1.53. The van der Waals surface area contributed by atoms with Gasteiger partial charge in [-0.25, -0.2) is 0 Å². The molecule has 0 saturated carbocycles. The van der Waals surface area contributed by atoms with Gasteiger partial charge in [-0.3, -0.25) is 19.9 Å². The van der Waals surface area contributed by atoms with Crippen molar-refractivity contribution in [3.63, 3.8) is 0 Å². The third-order valence-electron chi connectivity index (χ3n) is 3.47. The average Bonchev–Trinajstić information content (AvgIpc) is 2.52. The van der Waals surface area contributed by atoms with Gasteiger partial charge in [-0.15, -0.1) is 0 Å². The molecule has 0 saturated heterocycles. The number of nitrogens with zero attached hydrogens (tertiary/aromatic N) is 4. The zero-order valence-electron chi connectivity index (χ0n) is 12.9. The molecule has 2 aromatic rings. The van der Waals surface area contributed by atoms with Crippen molar-refractivity contribution in [1.29, 1.82) is 5.26 Å². The number of nitriles is 1. The van der Waals surface area contributed by atoms with Crippen LogP contribution in [-0.2, 0) is 6.54 Å². The number of pyridine rings is 2. The van der Waals surface area contributed by atoms with E-state index >= 15 is 0 Å². The minimum atomic E-state index is -0.646. The summed E-state index contributed by atoms with van der Waals surface area (Å²) in [6.07, 6.45) is 2.71. The van der Waals surface area contributed by atoms with Crippen LogP contribution in [0.15, 0.2) is 23.3 Å². The molecule has 0 N–H and O–H groups in total. The Balaban J connectivity index is 2.57. The SMILES string of the molecule is COc1c(C)cnc(Cn2cc([N+](=O)[O-])cc(C#N)c2=O)c1C. The van der Waals surface area contributed by atoms with Crippen molar-refractivity contribution < 1.29 is 9.66 Å². The van der Waals surface area contributed by atoms with Crippen molar-refractivity contribution in [2.75, 3.05) is 7.11 Å². The lowest BCUT2D eigenvalue weighted by molar-refractivity contribution is -0.385. The van der Waals surface area contributed by atoms with E-state index in [0.29, 0.717) is 11.4 Å². The fourth-order valence-corrected chi connectivity index (χ4v) is 2.31. The van der Waals surface area contributed by atoms with Crippen LogP contribution in [0.1, 0.15) is 22.4 Å². The molecule has 0 spiro atoms. The van der Waals surface area contributed by atoms with Gasteiger partial charge in [0, 0.05) is 23.4 Å². The Morgan fingerprint density at radius 3 is 2.74 bits per heavy atom. The van der Waals surface area contributed by atoms with Gasteiger partial charge in [-0.05, 0) is 13.8 Å². The Morgan fingerprint density at radius 1 is 1.48 bits per heavy atom. The van der Waals surface area contributed by atoms with E-state index in [1.54, 1.807) is 19.2 Å². The van der Waals surface area contributed by atoms with Gasteiger partial charge in [0.1, 0.15) is 17.4 Å². The van der Waals surface area contributed by atoms with Crippen LogP contribution in [0.2, 0.25) is 0 Å². The van der Waals surface area contributed by atoms with E-state index in [1.165, 1.54) is 7.11 Å². The molecule has 0 aromatic carbocycles. The summed E-state index contributed by atoms with van der Waals surface area (Å²) in [6.45, 7) is 3.65. The van der Waals surface area contributed by atoms with E-state index in [2.05, 4.69) is 4.98 Å². The number of ether oxygens (including phenoxy) is 1. The highest BCUT2D eigenvalue weighted by molar-refractivity contribution is 5.42. The molecule has 0 amide bonds. The third kappa shape index (κ3) is 3.03. The van der Waals surface area contributed by atoms with Gasteiger partial charge in [0.15, 0.2) is 0 Å². The quantitative estimate of drug-likeness (QED) is 0.627. The van der Waals surface area contributed by atoms with Gasteiger partial charge in [-0.1, -0.05) is 0 Å². The number of rotatable bonds is 4. The molecule has 2 heterocycles. The molecule has 118 valence electrons. The van der Waals surface area contributed by atoms with Gasteiger partial charge in [0.05, 0.1) is 30.5 Å². The van der Waals surface area contributed by atoms with E-state index in [4.69, 9.17) is 10.00 Å². The number of hydrogen-bond acceptors (Lipinski definition) is 6. The smallest absolute Gasteiger partial charge is 0.287 e. The van der Waals surface area contributed by atoms with Gasteiger partial charge in [0.2, 0.25) is 0 Å². The lowest BCUT2D eigenvalue weighted by Crippen LogP contribution is -2.24. The molecule has 23 heavy (non-hydrogen) atoms. The fraction of sp³-hybridized carbons (Fsp3) is 0.267. The monoisotopic (exact) mass is 314 g/mol. The summed E-state index contributed by atoms with van der Waals surface area (Å²) in [5.74, 6) is 0.647. The molecule has 0 aliphatic heterocycles. The van der Waals surface area contributed by atoms with Crippen molar-refractivity contribution in [2.45, 2.75) is 20.4 Å². The maximum atomic E-state index is 12.2. The molecule has 8 heteroatoms. The van der Waals surface area contributed by atoms with Crippen molar-refractivity contribution in [2.24, 2.45) is 0 Å². The predicted octanol–water partition coefficient (Wildman–Crippen LogP) is 1.70. The first-order valence-electron chi connectivity index (χ1n) is 6.67. The lowest BCUT2D eigenvalue weighted by atomic mass is 10.1. The van der Waals surface area contributed by atoms with Gasteiger partial charge in [0.25, 0.3) is 11.2 Å². The molecule has 2 aromatic heterocycles. The second kappa shape index (κ2) is 6.27. The number of methoxy groups -OCH3 is 1. The molecule has 8 nitrogen and oxygen atoms in total. The van der Waals surface area contributed by atoms with Crippen molar-refractivity contribution in [1.82, 2.24) is 9.55 Å². The highest BCUT2D eigenvalue weighted by Gasteiger charge is 2.16. The number of aromatic nitrogens is 2. The van der Waals surface area contributed by atoms with Crippen LogP contribution in [-0.4, -0.2) is 21.6 Å². The predicted molar refractivity (Wildman–Crippen MR) is 81.4 cm³/mol. The first-order valence-corrected chi connectivity index (χ1v) is 6.67. The van der Waals surface area contributed by atoms with Crippen LogP contribution in [0.3, 0.4) is 0 Å². The average molecular weight is 314 g/mol. The zero-order valence-corrected chi connectivity index (χ0v) is 12.9. The lowest BCUT2D eigenvalue weighted by Gasteiger charge is -2.13. The highest BCUT2D eigenvalue weighted by atomic mass is 16.6. The second-order valence-electron chi connectivity index (χ2n) is 4.96. The molecule has 2 rings (SSSR count). The van der Waals surface area contributed by atoms with E-state index in [-0.39, 0.29) is 17.8 Å². The Kier molecular flexibility index (Phi) is 4.41. The molecule has 0 bridgehead atoms. The second-order valence-corrected chi connectivity index (χ2v) is 4.96. The van der Waals surface area contributed by atoms with Crippen LogP contribution < -0.4 is 10.3 Å². The van der Waals surface area contributed by atoms with Crippen molar-refractivity contribution >= 4 is 5.69 Å². The summed E-state index contributed by atoms with van der Waals surface area (Å²) >= 11 is 0. The van der Waals surface area contributed by atoms with E-state index < -0.39 is 10.5 Å². The minimum absolute atomic E-state index is 0.0116. The summed E-state index contributed by atoms with van der Waals surface area (Å²) < 4.78 is 6.42. The summed E-state index contributed by atoms with van der Waals surface area (Å²) in [4.78, 5) is 26.7. The largest absolute Gasteiger partial charge is 0.496 e. The summed E-state index contributed by atoms with van der Waals surface area (Å²) in [6, 6.07) is 2.65. The van der Waals surface area contributed by atoms with E-state index in [0.717, 1.165) is 28.0 Å². The van der Waals surface area contributed by atoms with Crippen LogP contribution in [0, 0.1) is 35.3 Å². The van der Waals surface area contributed by atoms with Crippen LogP contribution in [0.25, 0.3) is 0 Å². The number of nitro groups is 1. The highest BCUT2D eigenvalue weighted by Crippen LogP contribution is 2.24. The molecule has 0 radical (unpaired) electrons. The molecule has 0 aliphatic carbocycles. The topological polar surface area (TPSA) is 111 Å². The maximum Gasteiger partial charge on any atom is 0.287 e. The molecule has 0 aliphatic rings. The molecular formula is C15H14N4O4. The van der Waals surface area contributed by atoms with Crippen LogP contribution >= 0.6 is 0 Å². The van der Waals surface area contributed by atoms with E-state index in [1.807, 2.05) is 6.92 Å². The van der Waals surface area contributed by atoms with Gasteiger partial charge < -0.3 is 9.30 Å². The molecular weight excluding hydrogens is 300 g/mol. The Labute approximate surface area is 131 Å². The standard InChI is InChI=1S/C15H14N4O4/c1-9-6-17-13(10(2)14(9)23-3)8-18-7-12(19(21)22)4-11(5-16)15(18)20/h4,6-7H,8H2,1-3H3. The van der Waals surface area contributed by atoms with E-state index in [9.17, 15) is 14.9 Å². The summed E-state index contributed by atoms with van der Waals surface area (Å²) in [5.41, 5.74) is 0.925. The first-order chi connectivity index (χ1) is 10.9. The van der Waals surface area contributed by atoms with Crippen LogP contribution in [0.5, 0.6) is 5.75 Å². The Bertz CT molecular complexity index is 880.